The van der Waals surface area contributed by atoms with E-state index in [2.05, 4.69) is 31.0 Å². The average Bonchev–Trinajstić information content (AvgIpc) is 2.60. The molecule has 0 amide bonds. The van der Waals surface area contributed by atoms with Gasteiger partial charge in [-0.3, -0.25) is 0 Å². The van der Waals surface area contributed by atoms with E-state index in [0.717, 1.165) is 11.3 Å². The predicted octanol–water partition coefficient (Wildman–Crippen LogP) is 3.30. The summed E-state index contributed by atoms with van der Waals surface area (Å²) >= 11 is 0. The van der Waals surface area contributed by atoms with E-state index >= 15 is 0 Å². The Morgan fingerprint density at radius 3 is 2.71 bits per heavy atom. The van der Waals surface area contributed by atoms with Crippen molar-refractivity contribution in [1.29, 1.82) is 0 Å². The third-order valence-corrected chi connectivity index (χ3v) is 2.48. The van der Waals surface area contributed by atoms with Crippen LogP contribution in [0.2, 0.25) is 0 Å². The average molecular weight is 189 g/mol. The van der Waals surface area contributed by atoms with Gasteiger partial charge in [0.25, 0.3) is 0 Å². The Kier molecular flexibility index (Phi) is 2.20. The van der Waals surface area contributed by atoms with Gasteiger partial charge in [0.1, 0.15) is 5.75 Å². The maximum atomic E-state index is 5.29. The first kappa shape index (κ1) is 9.13. The van der Waals surface area contributed by atoms with E-state index < -0.39 is 0 Å². The summed E-state index contributed by atoms with van der Waals surface area (Å²) in [6, 6.07) is 8.27. The molecule has 2 nitrogen and oxygen atoms in total. The fraction of sp³-hybridized carbons (Fsp3) is 0.333. The van der Waals surface area contributed by atoms with E-state index in [1.54, 1.807) is 7.11 Å². The van der Waals surface area contributed by atoms with Gasteiger partial charge >= 0.3 is 0 Å². The second-order valence-electron chi connectivity index (χ2n) is 3.80. The molecule has 0 saturated heterocycles. The third kappa shape index (κ3) is 1.37. The number of benzene rings is 1. The van der Waals surface area contributed by atoms with Crippen LogP contribution in [0, 0.1) is 0 Å². The molecule has 1 aromatic heterocycles. The number of nitrogens with one attached hydrogen (secondary N) is 1. The molecule has 0 radical (unpaired) electrons. The molecule has 14 heavy (non-hydrogen) atoms. The molecular weight excluding hydrogens is 174 g/mol. The second kappa shape index (κ2) is 3.37. The summed E-state index contributed by atoms with van der Waals surface area (Å²) in [5.74, 6) is 1.43. The van der Waals surface area contributed by atoms with Crippen LogP contribution in [0.5, 0.6) is 5.75 Å². The summed E-state index contributed by atoms with van der Waals surface area (Å²) < 4.78 is 5.29. The van der Waals surface area contributed by atoms with Crippen molar-refractivity contribution in [2.75, 3.05) is 7.11 Å². The van der Waals surface area contributed by atoms with Gasteiger partial charge in [-0.15, -0.1) is 0 Å². The van der Waals surface area contributed by atoms with Crippen LogP contribution in [0.25, 0.3) is 10.9 Å². The van der Waals surface area contributed by atoms with Crippen molar-refractivity contribution in [3.05, 3.63) is 30.0 Å². The van der Waals surface area contributed by atoms with Crippen LogP contribution in [0.4, 0.5) is 0 Å². The number of para-hydroxylation sites is 1. The molecule has 2 rings (SSSR count). The second-order valence-corrected chi connectivity index (χ2v) is 3.80. The quantitative estimate of drug-likeness (QED) is 0.770. The minimum atomic E-state index is 0.520. The summed E-state index contributed by atoms with van der Waals surface area (Å²) in [6.45, 7) is 4.36. The smallest absolute Gasteiger partial charge is 0.142 e. The standard InChI is InChI=1S/C12H15NO/c1-8(2)10-7-9-5-4-6-11(14-3)12(9)13-10/h4-8,13H,1-3H3. The summed E-state index contributed by atoms with van der Waals surface area (Å²) in [5, 5.41) is 1.22. The molecule has 1 aromatic carbocycles. The number of aromatic amines is 1. The number of H-pyrrole nitrogens is 1. The maximum Gasteiger partial charge on any atom is 0.142 e. The fourth-order valence-corrected chi connectivity index (χ4v) is 1.63. The number of ether oxygens (including phenoxy) is 1. The van der Waals surface area contributed by atoms with Gasteiger partial charge in [-0.2, -0.15) is 0 Å². The highest BCUT2D eigenvalue weighted by molar-refractivity contribution is 5.86. The van der Waals surface area contributed by atoms with E-state index in [1.807, 2.05) is 12.1 Å². The SMILES string of the molecule is COc1cccc2cc(C(C)C)[nH]c12. The molecule has 2 aromatic rings. The van der Waals surface area contributed by atoms with Crippen LogP contribution in [0.15, 0.2) is 24.3 Å². The Hall–Kier alpha value is -1.44. The lowest BCUT2D eigenvalue weighted by Crippen LogP contribution is -1.86. The molecular formula is C12H15NO. The fourth-order valence-electron chi connectivity index (χ4n) is 1.63. The monoisotopic (exact) mass is 189 g/mol. The van der Waals surface area contributed by atoms with Gasteiger partial charge in [-0.1, -0.05) is 26.0 Å². The van der Waals surface area contributed by atoms with Crippen LogP contribution >= 0.6 is 0 Å². The maximum absolute atomic E-state index is 5.29. The number of hydrogen-bond donors (Lipinski definition) is 1. The van der Waals surface area contributed by atoms with Gasteiger partial charge in [0, 0.05) is 11.1 Å². The molecule has 2 heteroatoms. The number of hydrogen-bond acceptors (Lipinski definition) is 1. The van der Waals surface area contributed by atoms with Gasteiger partial charge < -0.3 is 9.72 Å². The molecule has 0 unspecified atom stereocenters. The lowest BCUT2D eigenvalue weighted by Gasteiger charge is -2.01. The first-order valence-corrected chi connectivity index (χ1v) is 4.88. The van der Waals surface area contributed by atoms with Crippen molar-refractivity contribution in [2.24, 2.45) is 0 Å². The topological polar surface area (TPSA) is 25.0 Å². The Morgan fingerprint density at radius 1 is 1.29 bits per heavy atom. The van der Waals surface area contributed by atoms with Crippen LogP contribution < -0.4 is 4.74 Å². The zero-order valence-corrected chi connectivity index (χ0v) is 8.79. The predicted molar refractivity (Wildman–Crippen MR) is 58.9 cm³/mol. The number of aromatic nitrogens is 1. The zero-order valence-electron chi connectivity index (χ0n) is 8.79. The van der Waals surface area contributed by atoms with Gasteiger partial charge in [0.05, 0.1) is 12.6 Å². The minimum Gasteiger partial charge on any atom is -0.495 e. The molecule has 0 fully saturated rings. The number of fused-ring (bicyclic) bond motifs is 1. The lowest BCUT2D eigenvalue weighted by atomic mass is 10.1. The molecule has 0 atom stereocenters. The highest BCUT2D eigenvalue weighted by atomic mass is 16.5. The van der Waals surface area contributed by atoms with Crippen LogP contribution in [-0.4, -0.2) is 12.1 Å². The highest BCUT2D eigenvalue weighted by Gasteiger charge is 2.07. The summed E-state index contributed by atoms with van der Waals surface area (Å²) in [4.78, 5) is 3.39. The molecule has 0 spiro atoms. The van der Waals surface area contributed by atoms with E-state index in [1.165, 1.54) is 11.1 Å². The molecule has 0 aliphatic heterocycles. The Labute approximate surface area is 83.9 Å². The zero-order chi connectivity index (χ0) is 10.1. The lowest BCUT2D eigenvalue weighted by molar-refractivity contribution is 0.419. The van der Waals surface area contributed by atoms with Crippen LogP contribution in [0.1, 0.15) is 25.5 Å². The van der Waals surface area contributed by atoms with Gasteiger partial charge in [0.2, 0.25) is 0 Å². The minimum absolute atomic E-state index is 0.520. The van der Waals surface area contributed by atoms with Crippen molar-refractivity contribution < 1.29 is 4.74 Å². The number of rotatable bonds is 2. The third-order valence-electron chi connectivity index (χ3n) is 2.48. The van der Waals surface area contributed by atoms with Gasteiger partial charge in [-0.25, -0.2) is 0 Å². The molecule has 0 aliphatic rings. The van der Waals surface area contributed by atoms with Crippen molar-refractivity contribution in [3.8, 4) is 5.75 Å². The highest BCUT2D eigenvalue weighted by Crippen LogP contribution is 2.27. The molecule has 0 saturated carbocycles. The first-order valence-electron chi connectivity index (χ1n) is 4.88. The normalized spacial score (nSPS) is 11.1. The summed E-state index contributed by atoms with van der Waals surface area (Å²) in [5.41, 5.74) is 2.35. The summed E-state index contributed by atoms with van der Waals surface area (Å²) in [7, 11) is 1.70. The van der Waals surface area contributed by atoms with E-state index in [0.29, 0.717) is 5.92 Å². The van der Waals surface area contributed by atoms with Crippen molar-refractivity contribution in [1.82, 2.24) is 4.98 Å². The molecule has 0 aliphatic carbocycles. The molecule has 0 bridgehead atoms. The Bertz CT molecular complexity index is 443. The van der Waals surface area contributed by atoms with E-state index in [-0.39, 0.29) is 0 Å². The Balaban J connectivity index is 2.64. The van der Waals surface area contributed by atoms with E-state index in [9.17, 15) is 0 Å². The van der Waals surface area contributed by atoms with Gasteiger partial charge in [0.15, 0.2) is 0 Å². The molecule has 1 N–H and O–H groups in total. The Morgan fingerprint density at radius 2 is 2.07 bits per heavy atom. The van der Waals surface area contributed by atoms with Crippen molar-refractivity contribution >= 4 is 10.9 Å². The van der Waals surface area contributed by atoms with Crippen LogP contribution in [-0.2, 0) is 0 Å². The number of methoxy groups -OCH3 is 1. The summed E-state index contributed by atoms with van der Waals surface area (Å²) in [6.07, 6.45) is 0. The molecule has 1 heterocycles. The van der Waals surface area contributed by atoms with E-state index in [4.69, 9.17) is 4.74 Å². The van der Waals surface area contributed by atoms with Crippen molar-refractivity contribution in [3.63, 3.8) is 0 Å². The van der Waals surface area contributed by atoms with Gasteiger partial charge in [-0.05, 0) is 18.1 Å². The molecule has 74 valence electrons. The van der Waals surface area contributed by atoms with Crippen LogP contribution in [0.3, 0.4) is 0 Å². The largest absolute Gasteiger partial charge is 0.495 e. The van der Waals surface area contributed by atoms with Crippen molar-refractivity contribution in [2.45, 2.75) is 19.8 Å². The first-order chi connectivity index (χ1) is 6.72.